The number of aliphatic carboxylic acids is 1. The van der Waals surface area contributed by atoms with Gasteiger partial charge in [-0.05, 0) is 12.1 Å². The largest absolute Gasteiger partial charge is 0.481 e. The van der Waals surface area contributed by atoms with E-state index in [-0.39, 0.29) is 17.2 Å². The van der Waals surface area contributed by atoms with Crippen LogP contribution < -0.4 is 5.32 Å². The second-order valence-electron chi connectivity index (χ2n) is 4.64. The molecule has 1 saturated heterocycles. The number of rotatable bonds is 4. The van der Waals surface area contributed by atoms with Crippen molar-refractivity contribution in [3.05, 3.63) is 35.6 Å². The second-order valence-corrected chi connectivity index (χ2v) is 4.64. The Morgan fingerprint density at radius 1 is 1.50 bits per heavy atom. The Bertz CT molecular complexity index is 617. The SMILES string of the molecule is O=C(O)CC1C(=O)N2CCNC2=C1C(=O)c1ccco1. The zero-order valence-electron chi connectivity index (χ0n) is 10.5. The highest BCUT2D eigenvalue weighted by molar-refractivity contribution is 6.13. The number of carbonyl (C=O) groups excluding carboxylic acids is 2. The molecule has 1 aromatic rings. The number of carbonyl (C=O) groups is 3. The molecule has 7 nitrogen and oxygen atoms in total. The van der Waals surface area contributed by atoms with Crippen LogP contribution in [0, 0.1) is 5.92 Å². The van der Waals surface area contributed by atoms with Crippen molar-refractivity contribution in [3.8, 4) is 0 Å². The van der Waals surface area contributed by atoms with Gasteiger partial charge in [0.05, 0.1) is 24.2 Å². The zero-order chi connectivity index (χ0) is 14.3. The Balaban J connectivity index is 2.03. The molecule has 2 aliphatic rings. The first kappa shape index (κ1) is 12.5. The highest BCUT2D eigenvalue weighted by Gasteiger charge is 2.46. The van der Waals surface area contributed by atoms with Crippen LogP contribution in [0.3, 0.4) is 0 Å². The number of ketones is 1. The molecule has 20 heavy (non-hydrogen) atoms. The van der Waals surface area contributed by atoms with Crippen molar-refractivity contribution in [1.29, 1.82) is 0 Å². The van der Waals surface area contributed by atoms with Gasteiger partial charge in [-0.3, -0.25) is 19.3 Å². The summed E-state index contributed by atoms with van der Waals surface area (Å²) in [5, 5.41) is 11.9. The lowest BCUT2D eigenvalue weighted by Crippen LogP contribution is -2.29. The third-order valence-corrected chi connectivity index (χ3v) is 3.43. The molecule has 1 atom stereocenters. The van der Waals surface area contributed by atoms with Crippen LogP contribution in [-0.2, 0) is 9.59 Å². The summed E-state index contributed by atoms with van der Waals surface area (Å²) < 4.78 is 5.06. The molecule has 3 heterocycles. The number of Topliss-reactive ketones (excluding diaryl/α,β-unsaturated/α-hetero) is 1. The van der Waals surface area contributed by atoms with Crippen LogP contribution >= 0.6 is 0 Å². The standard InChI is InChI=1S/C13H12N2O5/c16-9(17)6-7-10(11(18)8-2-1-5-20-8)12-14-3-4-15(12)13(7)19/h1-2,5,7,14H,3-4,6H2,(H,16,17). The number of fused-ring (bicyclic) bond motifs is 1. The van der Waals surface area contributed by atoms with Crippen LogP contribution in [0.2, 0.25) is 0 Å². The van der Waals surface area contributed by atoms with Crippen molar-refractivity contribution in [2.24, 2.45) is 5.92 Å². The van der Waals surface area contributed by atoms with Gasteiger partial charge in [-0.2, -0.15) is 0 Å². The van der Waals surface area contributed by atoms with E-state index in [4.69, 9.17) is 9.52 Å². The summed E-state index contributed by atoms with van der Waals surface area (Å²) in [6, 6.07) is 3.07. The van der Waals surface area contributed by atoms with Gasteiger partial charge in [-0.1, -0.05) is 0 Å². The van der Waals surface area contributed by atoms with Gasteiger partial charge >= 0.3 is 5.97 Å². The molecular weight excluding hydrogens is 264 g/mol. The average Bonchev–Trinajstić information content (AvgIpc) is 3.10. The van der Waals surface area contributed by atoms with E-state index in [1.54, 1.807) is 6.07 Å². The second kappa shape index (κ2) is 4.52. The molecule has 1 fully saturated rings. The van der Waals surface area contributed by atoms with Gasteiger partial charge in [-0.15, -0.1) is 0 Å². The van der Waals surface area contributed by atoms with Crippen molar-refractivity contribution in [2.45, 2.75) is 6.42 Å². The molecule has 3 rings (SSSR count). The van der Waals surface area contributed by atoms with E-state index in [1.807, 2.05) is 0 Å². The third kappa shape index (κ3) is 1.78. The number of nitrogens with one attached hydrogen (secondary N) is 1. The molecule has 0 radical (unpaired) electrons. The fraction of sp³-hybridized carbons (Fsp3) is 0.308. The van der Waals surface area contributed by atoms with E-state index in [9.17, 15) is 14.4 Å². The maximum Gasteiger partial charge on any atom is 0.304 e. The summed E-state index contributed by atoms with van der Waals surface area (Å²) in [7, 11) is 0. The van der Waals surface area contributed by atoms with Gasteiger partial charge in [0, 0.05) is 13.1 Å². The fourth-order valence-electron chi connectivity index (χ4n) is 2.60. The predicted octanol–water partition coefficient (Wildman–Crippen LogP) is 0.210. The Morgan fingerprint density at radius 2 is 2.30 bits per heavy atom. The van der Waals surface area contributed by atoms with E-state index in [2.05, 4.69) is 5.32 Å². The maximum absolute atomic E-state index is 12.4. The minimum Gasteiger partial charge on any atom is -0.481 e. The number of nitrogens with zero attached hydrogens (tertiary/aromatic N) is 1. The monoisotopic (exact) mass is 276 g/mol. The summed E-state index contributed by atoms with van der Waals surface area (Å²) >= 11 is 0. The van der Waals surface area contributed by atoms with Gasteiger partial charge in [0.2, 0.25) is 11.7 Å². The molecule has 2 N–H and O–H groups in total. The first-order valence-electron chi connectivity index (χ1n) is 6.19. The van der Waals surface area contributed by atoms with E-state index in [0.717, 1.165) is 0 Å². The Labute approximate surface area is 113 Å². The van der Waals surface area contributed by atoms with Gasteiger partial charge in [-0.25, -0.2) is 0 Å². The molecule has 1 aromatic heterocycles. The molecule has 1 unspecified atom stereocenters. The number of amides is 1. The maximum atomic E-state index is 12.4. The lowest BCUT2D eigenvalue weighted by molar-refractivity contribution is -0.141. The molecule has 0 aromatic carbocycles. The first-order valence-corrected chi connectivity index (χ1v) is 6.19. The molecule has 0 saturated carbocycles. The topological polar surface area (TPSA) is 99.9 Å². The average molecular weight is 276 g/mol. The quantitative estimate of drug-likeness (QED) is 0.763. The van der Waals surface area contributed by atoms with Gasteiger partial charge in [0.25, 0.3) is 0 Å². The van der Waals surface area contributed by atoms with E-state index in [1.165, 1.54) is 17.2 Å². The first-order chi connectivity index (χ1) is 9.59. The number of carboxylic acids is 1. The van der Waals surface area contributed by atoms with Crippen molar-refractivity contribution in [1.82, 2.24) is 10.2 Å². The van der Waals surface area contributed by atoms with Crippen molar-refractivity contribution < 1.29 is 23.9 Å². The minimum absolute atomic E-state index is 0.103. The van der Waals surface area contributed by atoms with Crippen molar-refractivity contribution in [2.75, 3.05) is 13.1 Å². The van der Waals surface area contributed by atoms with Crippen molar-refractivity contribution in [3.63, 3.8) is 0 Å². The number of hydrogen-bond acceptors (Lipinski definition) is 5. The Morgan fingerprint density at radius 3 is 2.95 bits per heavy atom. The summed E-state index contributed by atoms with van der Waals surface area (Å²) in [6.45, 7) is 0.995. The predicted molar refractivity (Wildman–Crippen MR) is 65.5 cm³/mol. The molecule has 1 amide bonds. The Hall–Kier alpha value is -2.57. The lowest BCUT2D eigenvalue weighted by Gasteiger charge is -2.11. The molecule has 0 aliphatic carbocycles. The molecular formula is C13H12N2O5. The summed E-state index contributed by atoms with van der Waals surface area (Å²) in [4.78, 5) is 37.0. The summed E-state index contributed by atoms with van der Waals surface area (Å²) in [6.07, 6.45) is 0.962. The highest BCUT2D eigenvalue weighted by Crippen LogP contribution is 2.34. The summed E-state index contributed by atoms with van der Waals surface area (Å²) in [5.74, 6) is -2.33. The number of hydrogen-bond donors (Lipinski definition) is 2. The molecule has 7 heteroatoms. The molecule has 0 bridgehead atoms. The molecule has 104 valence electrons. The van der Waals surface area contributed by atoms with E-state index in [0.29, 0.717) is 18.9 Å². The lowest BCUT2D eigenvalue weighted by atomic mass is 9.93. The molecule has 0 spiro atoms. The zero-order valence-corrected chi connectivity index (χ0v) is 10.5. The van der Waals surface area contributed by atoms with Crippen LogP contribution in [0.15, 0.2) is 34.2 Å². The van der Waals surface area contributed by atoms with Crippen LogP contribution in [-0.4, -0.2) is 40.8 Å². The van der Waals surface area contributed by atoms with E-state index < -0.39 is 24.1 Å². The number of carboxylic acid groups (broad SMARTS) is 1. The Kier molecular flexibility index (Phi) is 2.81. The van der Waals surface area contributed by atoms with Crippen LogP contribution in [0.5, 0.6) is 0 Å². The fourth-order valence-corrected chi connectivity index (χ4v) is 2.60. The highest BCUT2D eigenvalue weighted by atomic mass is 16.4. The van der Waals surface area contributed by atoms with Crippen molar-refractivity contribution >= 4 is 17.7 Å². The number of furan rings is 1. The normalized spacial score (nSPS) is 21.1. The third-order valence-electron chi connectivity index (χ3n) is 3.43. The summed E-state index contributed by atoms with van der Waals surface area (Å²) in [5.41, 5.74) is 0.185. The smallest absolute Gasteiger partial charge is 0.304 e. The van der Waals surface area contributed by atoms with Gasteiger partial charge in [0.15, 0.2) is 5.76 Å². The van der Waals surface area contributed by atoms with Crippen LogP contribution in [0.4, 0.5) is 0 Å². The minimum atomic E-state index is -1.12. The van der Waals surface area contributed by atoms with Gasteiger partial charge in [0.1, 0.15) is 5.82 Å². The van der Waals surface area contributed by atoms with Crippen LogP contribution in [0.1, 0.15) is 17.0 Å². The molecule has 2 aliphatic heterocycles. The van der Waals surface area contributed by atoms with E-state index >= 15 is 0 Å². The van der Waals surface area contributed by atoms with Crippen LogP contribution in [0.25, 0.3) is 0 Å². The van der Waals surface area contributed by atoms with Gasteiger partial charge < -0.3 is 14.8 Å².